The molecule has 1 aromatic heterocycles. The zero-order valence-electron chi connectivity index (χ0n) is 12.3. The van der Waals surface area contributed by atoms with E-state index < -0.39 is 0 Å². The number of benzene rings is 1. The molecule has 1 aliphatic carbocycles. The summed E-state index contributed by atoms with van der Waals surface area (Å²) in [6.45, 7) is 2.80. The minimum Gasteiger partial charge on any atom is -0.492 e. The summed E-state index contributed by atoms with van der Waals surface area (Å²) in [7, 11) is 0. The molecule has 0 fully saturated rings. The molecule has 0 radical (unpaired) electrons. The molecule has 1 heterocycles. The maximum atomic E-state index is 5.80. The maximum Gasteiger partial charge on any atom is 0.137 e. The van der Waals surface area contributed by atoms with Gasteiger partial charge in [-0.1, -0.05) is 31.2 Å². The van der Waals surface area contributed by atoms with Crippen molar-refractivity contribution < 1.29 is 4.74 Å². The number of nitrogens with two attached hydrogens (primary N) is 1. The summed E-state index contributed by atoms with van der Waals surface area (Å²) in [5, 5.41) is 0. The fourth-order valence-corrected chi connectivity index (χ4v) is 2.94. The van der Waals surface area contributed by atoms with E-state index in [0.717, 1.165) is 24.2 Å². The highest BCUT2D eigenvalue weighted by Crippen LogP contribution is 2.43. The van der Waals surface area contributed by atoms with Crippen LogP contribution in [0.25, 0.3) is 0 Å². The first-order valence-electron chi connectivity index (χ1n) is 7.45. The number of rotatable bonds is 6. The number of ether oxygens (including phenoxy) is 1. The Morgan fingerprint density at radius 1 is 1.38 bits per heavy atom. The third-order valence-corrected chi connectivity index (χ3v) is 4.04. The van der Waals surface area contributed by atoms with Gasteiger partial charge in [0.2, 0.25) is 0 Å². The van der Waals surface area contributed by atoms with Crippen molar-refractivity contribution >= 4 is 0 Å². The third kappa shape index (κ3) is 2.77. The minimum atomic E-state index is 0.0672. The van der Waals surface area contributed by atoms with Crippen LogP contribution >= 0.6 is 0 Å². The molecular formula is C17H21N3O. The molecular weight excluding hydrogens is 262 g/mol. The summed E-state index contributed by atoms with van der Waals surface area (Å²) in [5.41, 5.74) is 6.81. The predicted molar refractivity (Wildman–Crippen MR) is 83.0 cm³/mol. The molecule has 0 saturated heterocycles. The molecule has 3 N–H and O–H groups in total. The number of hydrazine groups is 1. The molecule has 0 saturated carbocycles. The van der Waals surface area contributed by atoms with E-state index in [4.69, 9.17) is 10.6 Å². The van der Waals surface area contributed by atoms with Crippen LogP contribution in [0.3, 0.4) is 0 Å². The standard InChI is InChI=1S/C17H21N3O/c1-2-7-21-14-8-13(10-19-11-14)17(20-18)16-9-12-5-3-4-6-15(12)16/h3-6,8,10-11,16-17,20H,2,7,9,18H2,1H3. The minimum absolute atomic E-state index is 0.0672. The Hall–Kier alpha value is -1.91. The smallest absolute Gasteiger partial charge is 0.137 e. The topological polar surface area (TPSA) is 60.2 Å². The molecule has 21 heavy (non-hydrogen) atoms. The summed E-state index contributed by atoms with van der Waals surface area (Å²) in [5.74, 6) is 7.01. The average molecular weight is 283 g/mol. The second kappa shape index (κ2) is 6.24. The first kappa shape index (κ1) is 14.0. The van der Waals surface area contributed by atoms with Gasteiger partial charge in [-0.2, -0.15) is 0 Å². The van der Waals surface area contributed by atoms with Gasteiger partial charge in [0.1, 0.15) is 5.75 Å². The number of pyridine rings is 1. The predicted octanol–water partition coefficient (Wildman–Crippen LogP) is 2.71. The van der Waals surface area contributed by atoms with Crippen molar-refractivity contribution in [1.29, 1.82) is 0 Å². The van der Waals surface area contributed by atoms with Gasteiger partial charge < -0.3 is 4.74 Å². The number of fused-ring (bicyclic) bond motifs is 1. The number of hydrogen-bond acceptors (Lipinski definition) is 4. The molecule has 0 aliphatic heterocycles. The van der Waals surface area contributed by atoms with E-state index >= 15 is 0 Å². The lowest BCUT2D eigenvalue weighted by Gasteiger charge is -2.36. The van der Waals surface area contributed by atoms with Gasteiger partial charge in [0, 0.05) is 12.1 Å². The monoisotopic (exact) mass is 283 g/mol. The van der Waals surface area contributed by atoms with Crippen molar-refractivity contribution in [2.75, 3.05) is 6.61 Å². The van der Waals surface area contributed by atoms with Crippen molar-refractivity contribution in [3.05, 3.63) is 59.4 Å². The molecule has 4 heteroatoms. The summed E-state index contributed by atoms with van der Waals surface area (Å²) in [6, 6.07) is 10.6. The van der Waals surface area contributed by atoms with Crippen molar-refractivity contribution in [3.8, 4) is 5.75 Å². The highest BCUT2D eigenvalue weighted by atomic mass is 16.5. The van der Waals surface area contributed by atoms with Crippen molar-refractivity contribution in [2.45, 2.75) is 31.7 Å². The van der Waals surface area contributed by atoms with E-state index in [1.165, 1.54) is 11.1 Å². The fraction of sp³-hybridized carbons (Fsp3) is 0.353. The molecule has 2 unspecified atom stereocenters. The Morgan fingerprint density at radius 3 is 3.00 bits per heavy atom. The van der Waals surface area contributed by atoms with E-state index in [-0.39, 0.29) is 6.04 Å². The third-order valence-electron chi connectivity index (χ3n) is 4.04. The molecule has 0 amide bonds. The van der Waals surface area contributed by atoms with Gasteiger partial charge >= 0.3 is 0 Å². The Bertz CT molecular complexity index is 614. The fourth-order valence-electron chi connectivity index (χ4n) is 2.94. The van der Waals surface area contributed by atoms with Gasteiger partial charge in [-0.05, 0) is 35.6 Å². The number of hydrogen-bond donors (Lipinski definition) is 2. The van der Waals surface area contributed by atoms with Crippen molar-refractivity contribution in [3.63, 3.8) is 0 Å². The van der Waals surface area contributed by atoms with Gasteiger partial charge in [0.05, 0.1) is 18.8 Å². The summed E-state index contributed by atoms with van der Waals surface area (Å²) in [6.07, 6.45) is 5.65. The number of nitrogens with one attached hydrogen (secondary N) is 1. The van der Waals surface area contributed by atoms with Gasteiger partial charge in [0.15, 0.2) is 0 Å². The highest BCUT2D eigenvalue weighted by Gasteiger charge is 2.33. The Labute approximate surface area is 125 Å². The van der Waals surface area contributed by atoms with Crippen LogP contribution < -0.4 is 16.0 Å². The van der Waals surface area contributed by atoms with Crippen LogP contribution in [0.15, 0.2) is 42.7 Å². The Kier molecular flexibility index (Phi) is 4.18. The van der Waals surface area contributed by atoms with E-state index in [2.05, 4.69) is 41.6 Å². The lowest BCUT2D eigenvalue weighted by Crippen LogP contribution is -2.37. The molecule has 4 nitrogen and oxygen atoms in total. The van der Waals surface area contributed by atoms with Gasteiger partial charge in [-0.15, -0.1) is 0 Å². The van der Waals surface area contributed by atoms with Crippen molar-refractivity contribution in [2.24, 2.45) is 5.84 Å². The molecule has 1 aromatic carbocycles. The molecule has 110 valence electrons. The highest BCUT2D eigenvalue weighted by molar-refractivity contribution is 5.43. The van der Waals surface area contributed by atoms with Gasteiger partial charge in [0.25, 0.3) is 0 Å². The average Bonchev–Trinajstić information content (AvgIpc) is 2.51. The zero-order chi connectivity index (χ0) is 14.7. The van der Waals surface area contributed by atoms with E-state index in [9.17, 15) is 0 Å². The Balaban J connectivity index is 1.81. The molecule has 0 spiro atoms. The van der Waals surface area contributed by atoms with Crippen LogP contribution in [0, 0.1) is 0 Å². The van der Waals surface area contributed by atoms with Crippen LogP contribution in [0.4, 0.5) is 0 Å². The Morgan fingerprint density at radius 2 is 2.24 bits per heavy atom. The summed E-state index contributed by atoms with van der Waals surface area (Å²) in [4.78, 5) is 4.28. The van der Waals surface area contributed by atoms with E-state index in [1.54, 1.807) is 6.20 Å². The van der Waals surface area contributed by atoms with Crippen LogP contribution in [0.5, 0.6) is 5.75 Å². The normalized spacial score (nSPS) is 17.7. The number of aromatic nitrogens is 1. The van der Waals surface area contributed by atoms with Crippen molar-refractivity contribution in [1.82, 2.24) is 10.4 Å². The largest absolute Gasteiger partial charge is 0.492 e. The van der Waals surface area contributed by atoms with Crippen LogP contribution in [0.1, 0.15) is 42.0 Å². The summed E-state index contributed by atoms with van der Waals surface area (Å²) < 4.78 is 5.66. The van der Waals surface area contributed by atoms with E-state index in [0.29, 0.717) is 12.5 Å². The van der Waals surface area contributed by atoms with E-state index in [1.807, 2.05) is 12.3 Å². The lowest BCUT2D eigenvalue weighted by atomic mass is 9.72. The van der Waals surface area contributed by atoms with Gasteiger partial charge in [-0.25, -0.2) is 0 Å². The first-order chi connectivity index (χ1) is 10.3. The summed E-state index contributed by atoms with van der Waals surface area (Å²) >= 11 is 0. The molecule has 0 bridgehead atoms. The lowest BCUT2D eigenvalue weighted by molar-refractivity contribution is 0.314. The number of nitrogens with zero attached hydrogens (tertiary/aromatic N) is 1. The van der Waals surface area contributed by atoms with Crippen LogP contribution in [-0.4, -0.2) is 11.6 Å². The quantitative estimate of drug-likeness (QED) is 0.632. The SMILES string of the molecule is CCCOc1cncc(C(NN)C2Cc3ccccc32)c1. The second-order valence-electron chi connectivity index (χ2n) is 5.46. The molecule has 2 atom stereocenters. The van der Waals surface area contributed by atoms with Gasteiger partial charge in [-0.3, -0.25) is 16.3 Å². The maximum absolute atomic E-state index is 5.80. The van der Waals surface area contributed by atoms with Crippen LogP contribution in [0.2, 0.25) is 0 Å². The molecule has 3 rings (SSSR count). The molecule has 2 aromatic rings. The van der Waals surface area contributed by atoms with Crippen LogP contribution in [-0.2, 0) is 6.42 Å². The zero-order valence-corrected chi connectivity index (χ0v) is 12.3. The first-order valence-corrected chi connectivity index (χ1v) is 7.45. The molecule has 1 aliphatic rings. The second-order valence-corrected chi connectivity index (χ2v) is 5.46.